The highest BCUT2D eigenvalue weighted by Gasteiger charge is 2.18. The molecule has 5 heteroatoms. The molecule has 1 aromatic carbocycles. The van der Waals surface area contributed by atoms with Crippen LogP contribution in [0.25, 0.3) is 11.3 Å². The van der Waals surface area contributed by atoms with Crippen LogP contribution < -0.4 is 5.73 Å². The second-order valence-corrected chi connectivity index (χ2v) is 6.40. The zero-order chi connectivity index (χ0) is 14.9. The lowest BCUT2D eigenvalue weighted by atomic mass is 10.1. The van der Waals surface area contributed by atoms with E-state index < -0.39 is 0 Å². The highest BCUT2D eigenvalue weighted by Crippen LogP contribution is 2.33. The maximum atomic E-state index is 6.30. The molecule has 0 radical (unpaired) electrons. The van der Waals surface area contributed by atoms with Gasteiger partial charge in [-0.2, -0.15) is 0 Å². The molecule has 0 unspecified atom stereocenters. The van der Waals surface area contributed by atoms with Gasteiger partial charge in [-0.25, -0.2) is 4.98 Å². The van der Waals surface area contributed by atoms with Crippen molar-refractivity contribution in [2.75, 3.05) is 5.73 Å². The SMILES string of the molecule is CCCn1c(C(C)C)nc(-c2ccc(Cl)c(Br)c2)c1N. The summed E-state index contributed by atoms with van der Waals surface area (Å²) in [6, 6.07) is 5.77. The number of nitrogens with zero attached hydrogens (tertiary/aromatic N) is 2. The van der Waals surface area contributed by atoms with E-state index in [1.807, 2.05) is 18.2 Å². The third-order valence-corrected chi connectivity index (χ3v) is 4.41. The number of benzene rings is 1. The van der Waals surface area contributed by atoms with Crippen LogP contribution in [0.1, 0.15) is 38.9 Å². The van der Waals surface area contributed by atoms with Gasteiger partial charge < -0.3 is 10.3 Å². The molecule has 2 aromatic rings. The molecule has 2 rings (SSSR count). The van der Waals surface area contributed by atoms with Crippen LogP contribution in [0.5, 0.6) is 0 Å². The molecule has 0 aliphatic carbocycles. The molecule has 0 atom stereocenters. The van der Waals surface area contributed by atoms with E-state index in [1.165, 1.54) is 0 Å². The van der Waals surface area contributed by atoms with E-state index in [2.05, 4.69) is 41.3 Å². The predicted octanol–water partition coefficient (Wildman–Crippen LogP) is 5.08. The van der Waals surface area contributed by atoms with E-state index in [9.17, 15) is 0 Å². The molecule has 0 spiro atoms. The third kappa shape index (κ3) is 2.86. The fourth-order valence-electron chi connectivity index (χ4n) is 2.24. The second-order valence-electron chi connectivity index (χ2n) is 5.14. The second kappa shape index (κ2) is 6.19. The van der Waals surface area contributed by atoms with Crippen molar-refractivity contribution in [3.05, 3.63) is 33.5 Å². The van der Waals surface area contributed by atoms with Crippen molar-refractivity contribution in [3.63, 3.8) is 0 Å². The molecule has 3 nitrogen and oxygen atoms in total. The van der Waals surface area contributed by atoms with Gasteiger partial charge in [-0.15, -0.1) is 0 Å². The summed E-state index contributed by atoms with van der Waals surface area (Å²) in [7, 11) is 0. The number of halogens is 2. The molecular weight excluding hydrogens is 338 g/mol. The van der Waals surface area contributed by atoms with E-state index in [0.717, 1.165) is 40.3 Å². The molecule has 108 valence electrons. The first-order valence-corrected chi connectivity index (χ1v) is 7.94. The topological polar surface area (TPSA) is 43.8 Å². The summed E-state index contributed by atoms with van der Waals surface area (Å²) in [4.78, 5) is 4.74. The molecule has 0 amide bonds. The number of hydrogen-bond acceptors (Lipinski definition) is 2. The number of imidazole rings is 1. The smallest absolute Gasteiger partial charge is 0.131 e. The Balaban J connectivity index is 2.56. The van der Waals surface area contributed by atoms with Gasteiger partial charge in [0.2, 0.25) is 0 Å². The normalized spacial score (nSPS) is 11.3. The average Bonchev–Trinajstić information content (AvgIpc) is 2.72. The van der Waals surface area contributed by atoms with Gasteiger partial charge in [-0.05, 0) is 34.5 Å². The summed E-state index contributed by atoms with van der Waals surface area (Å²) >= 11 is 9.49. The summed E-state index contributed by atoms with van der Waals surface area (Å²) < 4.78 is 2.97. The molecule has 2 N–H and O–H groups in total. The quantitative estimate of drug-likeness (QED) is 0.830. The van der Waals surface area contributed by atoms with Crippen molar-refractivity contribution in [2.45, 2.75) is 39.7 Å². The minimum absolute atomic E-state index is 0.341. The standard InChI is InChI=1S/C15H19BrClN3/c1-4-7-20-14(18)13(19-15(20)9(2)3)10-5-6-12(17)11(16)8-10/h5-6,8-9H,4,7,18H2,1-3H3. The van der Waals surface area contributed by atoms with Gasteiger partial charge in [0.15, 0.2) is 0 Å². The molecule has 1 aromatic heterocycles. The Morgan fingerprint density at radius 1 is 1.40 bits per heavy atom. The van der Waals surface area contributed by atoms with Crippen LogP contribution in [-0.4, -0.2) is 9.55 Å². The maximum Gasteiger partial charge on any atom is 0.131 e. The molecule has 0 aliphatic heterocycles. The van der Waals surface area contributed by atoms with Gasteiger partial charge in [0.05, 0.1) is 5.02 Å². The number of aromatic nitrogens is 2. The highest BCUT2D eigenvalue weighted by atomic mass is 79.9. The van der Waals surface area contributed by atoms with Gasteiger partial charge in [-0.3, -0.25) is 0 Å². The number of nitrogen functional groups attached to an aromatic ring is 1. The lowest BCUT2D eigenvalue weighted by molar-refractivity contribution is 0.616. The minimum atomic E-state index is 0.341. The van der Waals surface area contributed by atoms with E-state index in [-0.39, 0.29) is 0 Å². The fourth-order valence-corrected chi connectivity index (χ4v) is 2.74. The van der Waals surface area contributed by atoms with E-state index in [1.54, 1.807) is 0 Å². The van der Waals surface area contributed by atoms with Crippen LogP contribution in [0.15, 0.2) is 22.7 Å². The summed E-state index contributed by atoms with van der Waals surface area (Å²) in [6.07, 6.45) is 1.03. The van der Waals surface area contributed by atoms with Crippen molar-refractivity contribution in [1.82, 2.24) is 9.55 Å². The first-order valence-electron chi connectivity index (χ1n) is 6.77. The molecule has 0 fully saturated rings. The average molecular weight is 357 g/mol. The summed E-state index contributed by atoms with van der Waals surface area (Å²) in [6.45, 7) is 7.30. The van der Waals surface area contributed by atoms with Crippen molar-refractivity contribution < 1.29 is 0 Å². The van der Waals surface area contributed by atoms with Gasteiger partial charge in [0.25, 0.3) is 0 Å². The van der Waals surface area contributed by atoms with Gasteiger partial charge in [-0.1, -0.05) is 38.4 Å². The van der Waals surface area contributed by atoms with E-state index >= 15 is 0 Å². The summed E-state index contributed by atoms with van der Waals surface area (Å²) in [5.74, 6) is 2.10. The zero-order valence-electron chi connectivity index (χ0n) is 12.0. The number of nitrogens with two attached hydrogens (primary N) is 1. The van der Waals surface area contributed by atoms with Crippen molar-refractivity contribution >= 4 is 33.3 Å². The van der Waals surface area contributed by atoms with Crippen LogP contribution in [0.2, 0.25) is 5.02 Å². The molecule has 0 aliphatic rings. The number of hydrogen-bond donors (Lipinski definition) is 1. The van der Waals surface area contributed by atoms with E-state index in [0.29, 0.717) is 10.9 Å². The van der Waals surface area contributed by atoms with Crippen LogP contribution in [0, 0.1) is 0 Å². The minimum Gasteiger partial charge on any atom is -0.383 e. The molecule has 1 heterocycles. The van der Waals surface area contributed by atoms with Gasteiger partial charge in [0, 0.05) is 22.5 Å². The van der Waals surface area contributed by atoms with Crippen molar-refractivity contribution in [3.8, 4) is 11.3 Å². The zero-order valence-corrected chi connectivity index (χ0v) is 14.3. The van der Waals surface area contributed by atoms with Crippen LogP contribution >= 0.6 is 27.5 Å². The molecule has 0 bridgehead atoms. The Labute approximate surface area is 133 Å². The first-order chi connectivity index (χ1) is 9.45. The van der Waals surface area contributed by atoms with Gasteiger partial charge >= 0.3 is 0 Å². The van der Waals surface area contributed by atoms with Crippen LogP contribution in [0.4, 0.5) is 5.82 Å². The Kier molecular flexibility index (Phi) is 4.76. The monoisotopic (exact) mass is 355 g/mol. The highest BCUT2D eigenvalue weighted by molar-refractivity contribution is 9.10. The Morgan fingerprint density at radius 3 is 2.65 bits per heavy atom. The Bertz CT molecular complexity index is 620. The van der Waals surface area contributed by atoms with Crippen LogP contribution in [0.3, 0.4) is 0 Å². The molecule has 0 saturated heterocycles. The predicted molar refractivity (Wildman–Crippen MR) is 89.2 cm³/mol. The third-order valence-electron chi connectivity index (χ3n) is 3.19. The van der Waals surface area contributed by atoms with Gasteiger partial charge in [0.1, 0.15) is 17.3 Å². The van der Waals surface area contributed by atoms with E-state index in [4.69, 9.17) is 22.3 Å². The first kappa shape index (κ1) is 15.4. The molecule has 20 heavy (non-hydrogen) atoms. The fraction of sp³-hybridized carbons (Fsp3) is 0.400. The molecular formula is C15H19BrClN3. The molecule has 0 saturated carbocycles. The Hall–Kier alpha value is -1.00. The largest absolute Gasteiger partial charge is 0.383 e. The maximum absolute atomic E-state index is 6.30. The number of rotatable bonds is 4. The summed E-state index contributed by atoms with van der Waals surface area (Å²) in [5, 5.41) is 0.685. The summed E-state index contributed by atoms with van der Waals surface area (Å²) in [5.41, 5.74) is 8.12. The lowest BCUT2D eigenvalue weighted by Gasteiger charge is -2.10. The van der Waals surface area contributed by atoms with Crippen molar-refractivity contribution in [2.24, 2.45) is 0 Å². The number of anilines is 1. The Morgan fingerprint density at radius 2 is 2.10 bits per heavy atom. The van der Waals surface area contributed by atoms with Crippen molar-refractivity contribution in [1.29, 1.82) is 0 Å². The lowest BCUT2D eigenvalue weighted by Crippen LogP contribution is -2.08. The van der Waals surface area contributed by atoms with Crippen LogP contribution in [-0.2, 0) is 6.54 Å².